The van der Waals surface area contributed by atoms with Crippen molar-refractivity contribution in [3.8, 4) is 11.8 Å². The van der Waals surface area contributed by atoms with Crippen LogP contribution in [0.1, 0.15) is 18.1 Å². The smallest absolute Gasteiger partial charge is 0.310 e. The van der Waals surface area contributed by atoms with Crippen LogP contribution < -0.4 is 0 Å². The monoisotopic (exact) mass is 243 g/mol. The molecule has 0 saturated carbocycles. The van der Waals surface area contributed by atoms with Crippen LogP contribution >= 0.6 is 0 Å². The zero-order valence-corrected chi connectivity index (χ0v) is 10.1. The maximum atomic E-state index is 11.2. The quantitative estimate of drug-likeness (QED) is 0.268. The first-order valence-electron chi connectivity index (χ1n) is 5.50. The fourth-order valence-corrected chi connectivity index (χ4v) is 1.29. The first kappa shape index (κ1) is 13.6. The highest BCUT2D eigenvalue weighted by molar-refractivity contribution is 5.72. The first-order valence-corrected chi connectivity index (χ1v) is 5.50. The van der Waals surface area contributed by atoms with E-state index in [-0.39, 0.29) is 18.9 Å². The van der Waals surface area contributed by atoms with Gasteiger partial charge >= 0.3 is 5.97 Å². The third-order valence-corrected chi connectivity index (χ3v) is 2.05. The summed E-state index contributed by atoms with van der Waals surface area (Å²) in [5.41, 5.74) is 9.77. The molecule has 5 nitrogen and oxygen atoms in total. The predicted molar refractivity (Wildman–Crippen MR) is 67.7 cm³/mol. The lowest BCUT2D eigenvalue weighted by Crippen LogP contribution is -2.07. The van der Waals surface area contributed by atoms with Gasteiger partial charge in [-0.3, -0.25) is 4.79 Å². The maximum Gasteiger partial charge on any atom is 0.310 e. The lowest BCUT2D eigenvalue weighted by atomic mass is 10.1. The molecule has 0 amide bonds. The molecule has 1 aromatic rings. The number of esters is 1. The van der Waals surface area contributed by atoms with E-state index in [2.05, 4.69) is 21.9 Å². The Balaban J connectivity index is 2.58. The van der Waals surface area contributed by atoms with Crippen LogP contribution in [-0.2, 0) is 16.0 Å². The molecule has 0 unspecified atom stereocenters. The Morgan fingerprint density at radius 2 is 2.17 bits per heavy atom. The molecule has 0 radical (unpaired) electrons. The van der Waals surface area contributed by atoms with E-state index in [9.17, 15) is 4.79 Å². The summed E-state index contributed by atoms with van der Waals surface area (Å²) in [6.45, 7) is 2.32. The van der Waals surface area contributed by atoms with Crippen LogP contribution in [0.3, 0.4) is 0 Å². The Hall–Kier alpha value is -2.44. The van der Waals surface area contributed by atoms with Crippen LogP contribution in [0.15, 0.2) is 29.4 Å². The molecule has 92 valence electrons. The standard InChI is InChI=1S/C13H13N3O2/c1-2-18-13(17)10-12-7-5-11(6-8-12)4-3-9-15-16-14/h5-8H,2,9-10H2,1H3. The number of carbonyl (C=O) groups is 1. The molecule has 0 fully saturated rings. The van der Waals surface area contributed by atoms with Crippen molar-refractivity contribution in [1.29, 1.82) is 0 Å². The Morgan fingerprint density at radius 1 is 1.44 bits per heavy atom. The summed E-state index contributed by atoms with van der Waals surface area (Å²) in [4.78, 5) is 13.8. The van der Waals surface area contributed by atoms with Gasteiger partial charge in [0.15, 0.2) is 0 Å². The van der Waals surface area contributed by atoms with Gasteiger partial charge in [0.05, 0.1) is 19.6 Å². The van der Waals surface area contributed by atoms with Crippen LogP contribution in [0, 0.1) is 11.8 Å². The molecule has 0 heterocycles. The second-order valence-electron chi connectivity index (χ2n) is 3.37. The maximum absolute atomic E-state index is 11.2. The summed E-state index contributed by atoms with van der Waals surface area (Å²) in [7, 11) is 0. The van der Waals surface area contributed by atoms with Crippen molar-refractivity contribution < 1.29 is 9.53 Å². The number of nitrogens with zero attached hydrogens (tertiary/aromatic N) is 3. The number of azide groups is 1. The van der Waals surface area contributed by atoms with Gasteiger partial charge in [0.1, 0.15) is 0 Å². The van der Waals surface area contributed by atoms with Gasteiger partial charge in [0.2, 0.25) is 0 Å². The highest BCUT2D eigenvalue weighted by Gasteiger charge is 2.02. The van der Waals surface area contributed by atoms with E-state index < -0.39 is 0 Å². The fraction of sp³-hybridized carbons (Fsp3) is 0.308. The molecule has 1 aromatic carbocycles. The van der Waals surface area contributed by atoms with Gasteiger partial charge in [-0.15, -0.1) is 0 Å². The predicted octanol–water partition coefficient (Wildman–Crippen LogP) is 2.45. The third-order valence-electron chi connectivity index (χ3n) is 2.05. The van der Waals surface area contributed by atoms with E-state index in [0.717, 1.165) is 11.1 Å². The SMILES string of the molecule is CCOC(=O)Cc1ccc(C#CCN=[N+]=[N-])cc1. The van der Waals surface area contributed by atoms with Crippen molar-refractivity contribution in [3.63, 3.8) is 0 Å². The van der Waals surface area contributed by atoms with Crippen molar-refractivity contribution in [2.24, 2.45) is 5.11 Å². The van der Waals surface area contributed by atoms with E-state index in [1.807, 2.05) is 24.3 Å². The van der Waals surface area contributed by atoms with Crippen LogP contribution in [0.2, 0.25) is 0 Å². The fourth-order valence-electron chi connectivity index (χ4n) is 1.29. The molecule has 5 heteroatoms. The highest BCUT2D eigenvalue weighted by atomic mass is 16.5. The summed E-state index contributed by atoms with van der Waals surface area (Å²) in [5, 5.41) is 3.31. The Labute approximate surface area is 105 Å². The molecular formula is C13H13N3O2. The zero-order valence-electron chi connectivity index (χ0n) is 10.1. The molecule has 0 atom stereocenters. The van der Waals surface area contributed by atoms with Crippen LogP contribution in [0.4, 0.5) is 0 Å². The van der Waals surface area contributed by atoms with Gasteiger partial charge in [-0.25, -0.2) is 0 Å². The van der Waals surface area contributed by atoms with Crippen LogP contribution in [0.5, 0.6) is 0 Å². The minimum atomic E-state index is -0.236. The van der Waals surface area contributed by atoms with E-state index in [1.165, 1.54) is 0 Å². The molecule has 1 rings (SSSR count). The number of rotatable bonds is 4. The largest absolute Gasteiger partial charge is 0.466 e. The van der Waals surface area contributed by atoms with Gasteiger partial charge in [-0.1, -0.05) is 29.1 Å². The summed E-state index contributed by atoms with van der Waals surface area (Å²) in [6.07, 6.45) is 0.264. The van der Waals surface area contributed by atoms with Gasteiger partial charge in [0, 0.05) is 10.5 Å². The molecule has 18 heavy (non-hydrogen) atoms. The number of hydrogen-bond donors (Lipinski definition) is 0. The average molecular weight is 243 g/mol. The molecule has 0 N–H and O–H groups in total. The van der Waals surface area contributed by atoms with E-state index in [4.69, 9.17) is 10.3 Å². The third kappa shape index (κ3) is 5.06. The topological polar surface area (TPSA) is 75.1 Å². The van der Waals surface area contributed by atoms with Gasteiger partial charge in [0.25, 0.3) is 0 Å². The molecule has 0 aliphatic carbocycles. The van der Waals surface area contributed by atoms with Gasteiger partial charge in [-0.05, 0) is 30.2 Å². The van der Waals surface area contributed by atoms with E-state index >= 15 is 0 Å². The minimum Gasteiger partial charge on any atom is -0.466 e. The normalized spacial score (nSPS) is 8.72. The van der Waals surface area contributed by atoms with Crippen LogP contribution in [0.25, 0.3) is 10.4 Å². The molecular weight excluding hydrogens is 230 g/mol. The van der Waals surface area contributed by atoms with Gasteiger partial charge < -0.3 is 4.74 Å². The number of benzene rings is 1. The first-order chi connectivity index (χ1) is 8.76. The van der Waals surface area contributed by atoms with Crippen molar-refractivity contribution in [2.45, 2.75) is 13.3 Å². The molecule has 0 spiro atoms. The zero-order chi connectivity index (χ0) is 13.2. The van der Waals surface area contributed by atoms with Gasteiger partial charge in [-0.2, -0.15) is 0 Å². The minimum absolute atomic E-state index is 0.154. The lowest BCUT2D eigenvalue weighted by molar-refractivity contribution is -0.142. The summed E-state index contributed by atoms with van der Waals surface area (Å²) in [5.74, 6) is 5.34. The molecule has 0 aliphatic heterocycles. The Kier molecular flexibility index (Phi) is 5.88. The Morgan fingerprint density at radius 3 is 2.78 bits per heavy atom. The molecule has 0 aromatic heterocycles. The second kappa shape index (κ2) is 7.77. The van der Waals surface area contributed by atoms with E-state index in [0.29, 0.717) is 6.61 Å². The Bertz CT molecular complexity index is 505. The molecule has 0 aliphatic rings. The average Bonchev–Trinajstić information content (AvgIpc) is 2.37. The second-order valence-corrected chi connectivity index (χ2v) is 3.37. The lowest BCUT2D eigenvalue weighted by Gasteiger charge is -2.01. The van der Waals surface area contributed by atoms with Crippen molar-refractivity contribution in [3.05, 3.63) is 45.8 Å². The number of carbonyl (C=O) groups excluding carboxylic acids is 1. The summed E-state index contributed by atoms with van der Waals surface area (Å²) >= 11 is 0. The van der Waals surface area contributed by atoms with Crippen molar-refractivity contribution in [2.75, 3.05) is 13.2 Å². The molecule has 0 saturated heterocycles. The van der Waals surface area contributed by atoms with Crippen molar-refractivity contribution >= 4 is 5.97 Å². The van der Waals surface area contributed by atoms with Crippen LogP contribution in [-0.4, -0.2) is 19.1 Å². The molecule has 0 bridgehead atoms. The number of ether oxygens (including phenoxy) is 1. The summed E-state index contributed by atoms with van der Waals surface area (Å²) < 4.78 is 4.85. The van der Waals surface area contributed by atoms with Crippen molar-refractivity contribution in [1.82, 2.24) is 0 Å². The number of hydrogen-bond acceptors (Lipinski definition) is 3. The van der Waals surface area contributed by atoms with E-state index in [1.54, 1.807) is 6.92 Å². The summed E-state index contributed by atoms with van der Waals surface area (Å²) in [6, 6.07) is 7.29. The highest BCUT2D eigenvalue weighted by Crippen LogP contribution is 2.05.